The van der Waals surface area contributed by atoms with Crippen molar-refractivity contribution in [2.24, 2.45) is 7.05 Å². The number of nitrogens with one attached hydrogen (secondary N) is 1. The normalized spacial score (nSPS) is 11.6. The summed E-state index contributed by atoms with van der Waals surface area (Å²) >= 11 is 0. The third-order valence-electron chi connectivity index (χ3n) is 4.09. The number of pyridine rings is 1. The molecule has 0 radical (unpaired) electrons. The molecule has 0 atom stereocenters. The highest BCUT2D eigenvalue weighted by molar-refractivity contribution is 6.02. The summed E-state index contributed by atoms with van der Waals surface area (Å²) in [4.78, 5) is 15.7. The number of aryl methyl sites for hydroxylation is 1. The molecule has 0 bridgehead atoms. The summed E-state index contributed by atoms with van der Waals surface area (Å²) in [7, 11) is 1.84. The fourth-order valence-electron chi connectivity index (χ4n) is 2.99. The number of aromatic nitrogens is 8. The fourth-order valence-corrected chi connectivity index (χ4v) is 2.99. The van der Waals surface area contributed by atoms with Crippen molar-refractivity contribution in [2.45, 2.75) is 0 Å². The largest absolute Gasteiger partial charge is 0.345 e. The van der Waals surface area contributed by atoms with Gasteiger partial charge < -0.3 is 4.98 Å². The van der Waals surface area contributed by atoms with Gasteiger partial charge in [0.2, 0.25) is 0 Å². The van der Waals surface area contributed by atoms with E-state index >= 15 is 0 Å². The van der Waals surface area contributed by atoms with Gasteiger partial charge in [-0.15, -0.1) is 0 Å². The molecule has 0 aromatic carbocycles. The molecule has 0 fully saturated rings. The van der Waals surface area contributed by atoms with Crippen LogP contribution in [0.15, 0.2) is 43.5 Å². The van der Waals surface area contributed by atoms with Crippen LogP contribution in [0.1, 0.15) is 0 Å². The van der Waals surface area contributed by atoms with Gasteiger partial charge in [0.1, 0.15) is 18.3 Å². The maximum absolute atomic E-state index is 14.3. The van der Waals surface area contributed by atoms with Gasteiger partial charge in [-0.25, -0.2) is 23.9 Å². The van der Waals surface area contributed by atoms with Gasteiger partial charge >= 0.3 is 0 Å². The molecule has 0 aliphatic rings. The van der Waals surface area contributed by atoms with Gasteiger partial charge in [-0.2, -0.15) is 10.2 Å². The summed E-state index contributed by atoms with van der Waals surface area (Å²) in [6, 6.07) is 1.44. The zero-order valence-corrected chi connectivity index (χ0v) is 13.0. The van der Waals surface area contributed by atoms with Crippen molar-refractivity contribution in [1.29, 1.82) is 0 Å². The van der Waals surface area contributed by atoms with E-state index in [0.29, 0.717) is 11.2 Å². The standard InChI is InChI=1S/C16H11FN8/c1-24-5-10(3-22-24)14-13-11(4-18-15(13)20-7-19-14)9-2-12(17)16-21-8-23-25(16)6-9/h2-8H,1H3,(H,18,19,20). The lowest BCUT2D eigenvalue weighted by atomic mass is 10.0. The highest BCUT2D eigenvalue weighted by atomic mass is 19.1. The number of rotatable bonds is 2. The van der Waals surface area contributed by atoms with E-state index in [4.69, 9.17) is 0 Å². The van der Waals surface area contributed by atoms with Crippen molar-refractivity contribution in [3.63, 3.8) is 0 Å². The first-order valence-corrected chi connectivity index (χ1v) is 7.51. The summed E-state index contributed by atoms with van der Waals surface area (Å²) in [6.07, 6.45) is 9.94. The molecule has 5 aromatic rings. The summed E-state index contributed by atoms with van der Waals surface area (Å²) < 4.78 is 17.4. The predicted molar refractivity (Wildman–Crippen MR) is 88.0 cm³/mol. The molecular formula is C16H11FN8. The molecule has 122 valence electrons. The van der Waals surface area contributed by atoms with Crippen LogP contribution < -0.4 is 0 Å². The number of hydrogen-bond acceptors (Lipinski definition) is 5. The van der Waals surface area contributed by atoms with Crippen LogP contribution in [0, 0.1) is 5.82 Å². The van der Waals surface area contributed by atoms with Gasteiger partial charge in [0.25, 0.3) is 0 Å². The van der Waals surface area contributed by atoms with Crippen molar-refractivity contribution < 1.29 is 4.39 Å². The molecule has 8 nitrogen and oxygen atoms in total. The van der Waals surface area contributed by atoms with Crippen molar-refractivity contribution in [3.05, 3.63) is 49.3 Å². The summed E-state index contributed by atoms with van der Waals surface area (Å²) in [6.45, 7) is 0. The third kappa shape index (κ3) is 2.02. The number of hydrogen-bond donors (Lipinski definition) is 1. The van der Waals surface area contributed by atoms with Crippen LogP contribution >= 0.6 is 0 Å². The second-order valence-electron chi connectivity index (χ2n) is 5.66. The number of nitrogens with zero attached hydrogens (tertiary/aromatic N) is 7. The predicted octanol–water partition coefficient (Wildman–Crippen LogP) is 2.21. The van der Waals surface area contributed by atoms with E-state index in [-0.39, 0.29) is 5.65 Å². The first kappa shape index (κ1) is 13.8. The number of fused-ring (bicyclic) bond motifs is 2. The lowest BCUT2D eigenvalue weighted by Crippen LogP contribution is -1.93. The Morgan fingerprint density at radius 2 is 1.96 bits per heavy atom. The molecule has 0 unspecified atom stereocenters. The Bertz CT molecular complexity index is 1230. The fraction of sp³-hybridized carbons (Fsp3) is 0.0625. The van der Waals surface area contributed by atoms with E-state index in [1.165, 1.54) is 23.2 Å². The zero-order chi connectivity index (χ0) is 17.0. The van der Waals surface area contributed by atoms with Gasteiger partial charge in [0, 0.05) is 42.3 Å². The molecule has 0 saturated carbocycles. The minimum absolute atomic E-state index is 0.187. The SMILES string of the molecule is Cn1cc(-c2ncnc3[nH]cc(-c4cc(F)c5ncnn5c4)c23)cn1. The average Bonchev–Trinajstić information content (AvgIpc) is 3.32. The van der Waals surface area contributed by atoms with Crippen molar-refractivity contribution in [2.75, 3.05) is 0 Å². The molecule has 0 aliphatic heterocycles. The van der Waals surface area contributed by atoms with E-state index in [0.717, 1.165) is 22.2 Å². The van der Waals surface area contributed by atoms with Gasteiger partial charge in [-0.3, -0.25) is 4.68 Å². The maximum Gasteiger partial charge on any atom is 0.191 e. The van der Waals surface area contributed by atoms with E-state index in [2.05, 4.69) is 30.1 Å². The molecule has 5 rings (SSSR count). The van der Waals surface area contributed by atoms with Crippen LogP contribution in [0.3, 0.4) is 0 Å². The van der Waals surface area contributed by atoms with E-state index in [9.17, 15) is 4.39 Å². The van der Waals surface area contributed by atoms with E-state index < -0.39 is 5.82 Å². The van der Waals surface area contributed by atoms with E-state index in [1.54, 1.807) is 23.3 Å². The van der Waals surface area contributed by atoms with Crippen LogP contribution in [0.5, 0.6) is 0 Å². The van der Waals surface area contributed by atoms with Crippen molar-refractivity contribution in [3.8, 4) is 22.4 Å². The van der Waals surface area contributed by atoms with Gasteiger partial charge in [0.05, 0.1) is 17.3 Å². The van der Waals surface area contributed by atoms with E-state index in [1.807, 2.05) is 13.2 Å². The lowest BCUT2D eigenvalue weighted by molar-refractivity contribution is 0.628. The second kappa shape index (κ2) is 4.94. The number of aromatic amines is 1. The van der Waals surface area contributed by atoms with Crippen LogP contribution in [0.4, 0.5) is 4.39 Å². The molecular weight excluding hydrogens is 323 g/mol. The molecule has 0 saturated heterocycles. The Morgan fingerprint density at radius 1 is 1.04 bits per heavy atom. The summed E-state index contributed by atoms with van der Waals surface area (Å²) in [5.41, 5.74) is 3.88. The third-order valence-corrected chi connectivity index (χ3v) is 4.09. The summed E-state index contributed by atoms with van der Waals surface area (Å²) in [5, 5.41) is 9.02. The Hall–Kier alpha value is -3.62. The smallest absolute Gasteiger partial charge is 0.191 e. The van der Waals surface area contributed by atoms with Gasteiger partial charge in [-0.05, 0) is 6.07 Å². The highest BCUT2D eigenvalue weighted by Crippen LogP contribution is 2.34. The lowest BCUT2D eigenvalue weighted by Gasteiger charge is -2.04. The van der Waals surface area contributed by atoms with Crippen LogP contribution in [-0.4, -0.2) is 39.3 Å². The Kier molecular flexibility index (Phi) is 2.72. The minimum Gasteiger partial charge on any atom is -0.345 e. The molecule has 9 heteroatoms. The first-order valence-electron chi connectivity index (χ1n) is 7.51. The molecule has 25 heavy (non-hydrogen) atoms. The first-order chi connectivity index (χ1) is 12.2. The van der Waals surface area contributed by atoms with Crippen LogP contribution in [0.25, 0.3) is 39.1 Å². The summed E-state index contributed by atoms with van der Waals surface area (Å²) in [5.74, 6) is -0.441. The number of halogens is 1. The minimum atomic E-state index is -0.441. The molecule has 1 N–H and O–H groups in total. The van der Waals surface area contributed by atoms with Gasteiger partial charge in [0.15, 0.2) is 11.5 Å². The highest BCUT2D eigenvalue weighted by Gasteiger charge is 2.17. The molecule has 0 amide bonds. The quantitative estimate of drug-likeness (QED) is 0.534. The topological polar surface area (TPSA) is 89.6 Å². The average molecular weight is 334 g/mol. The zero-order valence-electron chi connectivity index (χ0n) is 13.0. The molecule has 0 spiro atoms. The second-order valence-corrected chi connectivity index (χ2v) is 5.66. The van der Waals surface area contributed by atoms with Gasteiger partial charge in [-0.1, -0.05) is 0 Å². The molecule has 0 aliphatic carbocycles. The molecule has 5 heterocycles. The molecule has 5 aromatic heterocycles. The maximum atomic E-state index is 14.3. The Balaban J connectivity index is 1.81. The van der Waals surface area contributed by atoms with Crippen LogP contribution in [0.2, 0.25) is 0 Å². The Labute approximate surface area is 140 Å². The van der Waals surface area contributed by atoms with Crippen molar-refractivity contribution in [1.82, 2.24) is 39.3 Å². The van der Waals surface area contributed by atoms with Crippen LogP contribution in [-0.2, 0) is 7.05 Å². The Morgan fingerprint density at radius 3 is 2.80 bits per heavy atom. The number of H-pyrrole nitrogens is 1. The van der Waals surface area contributed by atoms with Crippen molar-refractivity contribution >= 4 is 16.7 Å². The monoisotopic (exact) mass is 334 g/mol.